The van der Waals surface area contributed by atoms with Crippen molar-refractivity contribution in [2.24, 2.45) is 7.05 Å². The van der Waals surface area contributed by atoms with Crippen molar-refractivity contribution in [3.63, 3.8) is 0 Å². The standard InChI is InChI=1S/C6H8N2O3/c1-8-3-5(2-7-8)11-4-6(9)10/h2-3H,4H2,1H3,(H,9,10). The van der Waals surface area contributed by atoms with Crippen LogP contribution in [0.2, 0.25) is 0 Å². The van der Waals surface area contributed by atoms with Crippen LogP contribution in [0.1, 0.15) is 0 Å². The fourth-order valence-electron chi connectivity index (χ4n) is 0.618. The molecule has 1 aromatic heterocycles. The molecular formula is C6H8N2O3. The second-order valence-electron chi connectivity index (χ2n) is 2.03. The predicted molar refractivity (Wildman–Crippen MR) is 36.3 cm³/mol. The van der Waals surface area contributed by atoms with Crippen LogP contribution in [-0.4, -0.2) is 27.5 Å². The summed E-state index contributed by atoms with van der Waals surface area (Å²) < 4.78 is 6.34. The lowest BCUT2D eigenvalue weighted by molar-refractivity contribution is -0.139. The van der Waals surface area contributed by atoms with Gasteiger partial charge in [0, 0.05) is 7.05 Å². The minimum Gasteiger partial charge on any atom is -0.479 e. The maximum absolute atomic E-state index is 10.0. The van der Waals surface area contributed by atoms with Crippen molar-refractivity contribution in [2.75, 3.05) is 6.61 Å². The largest absolute Gasteiger partial charge is 0.479 e. The third kappa shape index (κ3) is 2.29. The van der Waals surface area contributed by atoms with Gasteiger partial charge in [-0.1, -0.05) is 0 Å². The van der Waals surface area contributed by atoms with Crippen LogP contribution in [0.4, 0.5) is 0 Å². The van der Waals surface area contributed by atoms with Crippen LogP contribution >= 0.6 is 0 Å². The van der Waals surface area contributed by atoms with E-state index < -0.39 is 5.97 Å². The van der Waals surface area contributed by atoms with Crippen LogP contribution in [0.3, 0.4) is 0 Å². The maximum Gasteiger partial charge on any atom is 0.341 e. The topological polar surface area (TPSA) is 64.3 Å². The van der Waals surface area contributed by atoms with E-state index in [9.17, 15) is 4.79 Å². The molecule has 0 aliphatic heterocycles. The summed E-state index contributed by atoms with van der Waals surface area (Å²) in [5, 5.41) is 12.0. The fourth-order valence-corrected chi connectivity index (χ4v) is 0.618. The molecule has 0 radical (unpaired) electrons. The van der Waals surface area contributed by atoms with Crippen LogP contribution < -0.4 is 4.74 Å². The monoisotopic (exact) mass is 156 g/mol. The Hall–Kier alpha value is -1.52. The van der Waals surface area contributed by atoms with Gasteiger partial charge in [-0.3, -0.25) is 4.68 Å². The summed E-state index contributed by atoms with van der Waals surface area (Å²) in [6, 6.07) is 0. The molecule has 0 fully saturated rings. The lowest BCUT2D eigenvalue weighted by atomic mass is 10.6. The average molecular weight is 156 g/mol. The number of carboxylic acids is 1. The Morgan fingerprint density at radius 3 is 3.09 bits per heavy atom. The number of rotatable bonds is 3. The van der Waals surface area contributed by atoms with Gasteiger partial charge in [-0.15, -0.1) is 0 Å². The molecule has 1 heterocycles. The molecule has 11 heavy (non-hydrogen) atoms. The number of hydrogen-bond donors (Lipinski definition) is 1. The number of aryl methyl sites for hydroxylation is 1. The molecule has 0 aromatic carbocycles. The van der Waals surface area contributed by atoms with E-state index in [1.165, 1.54) is 10.9 Å². The summed E-state index contributed by atoms with van der Waals surface area (Å²) in [4.78, 5) is 10.0. The summed E-state index contributed by atoms with van der Waals surface area (Å²) in [7, 11) is 1.73. The number of carboxylic acid groups (broad SMARTS) is 1. The second kappa shape index (κ2) is 3.05. The first-order valence-electron chi connectivity index (χ1n) is 3.02. The first-order valence-corrected chi connectivity index (χ1v) is 3.02. The van der Waals surface area contributed by atoms with Gasteiger partial charge in [-0.05, 0) is 0 Å². The zero-order chi connectivity index (χ0) is 8.27. The van der Waals surface area contributed by atoms with Crippen molar-refractivity contribution in [3.05, 3.63) is 12.4 Å². The van der Waals surface area contributed by atoms with E-state index in [0.29, 0.717) is 5.75 Å². The number of aromatic nitrogens is 2. The van der Waals surface area contributed by atoms with Crippen molar-refractivity contribution in [1.29, 1.82) is 0 Å². The first-order chi connectivity index (χ1) is 5.18. The quantitative estimate of drug-likeness (QED) is 0.662. The Bertz CT molecular complexity index is 256. The zero-order valence-corrected chi connectivity index (χ0v) is 6.02. The highest BCUT2D eigenvalue weighted by atomic mass is 16.5. The molecule has 0 aliphatic carbocycles. The Labute approximate surface area is 63.2 Å². The normalized spacial score (nSPS) is 9.55. The van der Waals surface area contributed by atoms with Crippen LogP contribution in [0.15, 0.2) is 12.4 Å². The molecule has 0 unspecified atom stereocenters. The molecule has 60 valence electrons. The van der Waals surface area contributed by atoms with E-state index in [-0.39, 0.29) is 6.61 Å². The minimum absolute atomic E-state index is 0.328. The van der Waals surface area contributed by atoms with E-state index in [2.05, 4.69) is 5.10 Å². The average Bonchev–Trinajstić information content (AvgIpc) is 2.31. The van der Waals surface area contributed by atoms with Gasteiger partial charge in [0.05, 0.1) is 12.4 Å². The highest BCUT2D eigenvalue weighted by Gasteiger charge is 1.99. The fraction of sp³-hybridized carbons (Fsp3) is 0.333. The highest BCUT2D eigenvalue weighted by Crippen LogP contribution is 2.05. The molecule has 1 rings (SSSR count). The van der Waals surface area contributed by atoms with Gasteiger partial charge < -0.3 is 9.84 Å². The third-order valence-corrected chi connectivity index (χ3v) is 1.04. The molecule has 0 saturated carbocycles. The lowest BCUT2D eigenvalue weighted by Gasteiger charge is -1.95. The molecule has 0 atom stereocenters. The van der Waals surface area contributed by atoms with Crippen LogP contribution in [0.25, 0.3) is 0 Å². The molecule has 0 spiro atoms. The van der Waals surface area contributed by atoms with Crippen LogP contribution in [-0.2, 0) is 11.8 Å². The summed E-state index contributed by atoms with van der Waals surface area (Å²) in [6.45, 7) is -0.328. The van der Waals surface area contributed by atoms with E-state index in [4.69, 9.17) is 9.84 Å². The third-order valence-electron chi connectivity index (χ3n) is 1.04. The molecule has 0 aliphatic rings. The van der Waals surface area contributed by atoms with Gasteiger partial charge >= 0.3 is 5.97 Å². The molecule has 0 bridgehead atoms. The summed E-state index contributed by atoms with van der Waals surface area (Å²) >= 11 is 0. The van der Waals surface area contributed by atoms with E-state index in [1.807, 2.05) is 0 Å². The van der Waals surface area contributed by atoms with E-state index in [1.54, 1.807) is 13.2 Å². The summed E-state index contributed by atoms with van der Waals surface area (Å²) in [5.74, 6) is -0.524. The Morgan fingerprint density at radius 2 is 2.64 bits per heavy atom. The lowest BCUT2D eigenvalue weighted by Crippen LogP contribution is -2.08. The molecule has 0 saturated heterocycles. The molecule has 5 heteroatoms. The van der Waals surface area contributed by atoms with Gasteiger partial charge in [-0.2, -0.15) is 5.10 Å². The van der Waals surface area contributed by atoms with Crippen molar-refractivity contribution < 1.29 is 14.6 Å². The number of aliphatic carboxylic acids is 1. The number of hydrogen-bond acceptors (Lipinski definition) is 3. The predicted octanol–water partition coefficient (Wildman–Crippen LogP) is -0.117. The highest BCUT2D eigenvalue weighted by molar-refractivity contribution is 5.68. The van der Waals surface area contributed by atoms with Crippen LogP contribution in [0.5, 0.6) is 5.75 Å². The van der Waals surface area contributed by atoms with Crippen molar-refractivity contribution in [3.8, 4) is 5.75 Å². The first kappa shape index (κ1) is 7.59. The van der Waals surface area contributed by atoms with Gasteiger partial charge in [0.15, 0.2) is 12.4 Å². The summed E-state index contributed by atoms with van der Waals surface area (Å²) in [6.07, 6.45) is 3.06. The van der Waals surface area contributed by atoms with Gasteiger partial charge in [0.1, 0.15) is 0 Å². The maximum atomic E-state index is 10.0. The molecule has 0 amide bonds. The van der Waals surface area contributed by atoms with Gasteiger partial charge in [0.25, 0.3) is 0 Å². The SMILES string of the molecule is Cn1cc(OCC(=O)O)cn1. The molecule has 1 N–H and O–H groups in total. The number of ether oxygens (including phenoxy) is 1. The Morgan fingerprint density at radius 1 is 1.91 bits per heavy atom. The zero-order valence-electron chi connectivity index (χ0n) is 6.02. The van der Waals surface area contributed by atoms with E-state index >= 15 is 0 Å². The molecule has 1 aromatic rings. The van der Waals surface area contributed by atoms with Crippen molar-refractivity contribution >= 4 is 5.97 Å². The van der Waals surface area contributed by atoms with E-state index in [0.717, 1.165) is 0 Å². The van der Waals surface area contributed by atoms with Crippen LogP contribution in [0, 0.1) is 0 Å². The number of carbonyl (C=O) groups is 1. The Balaban J connectivity index is 2.45. The second-order valence-corrected chi connectivity index (χ2v) is 2.03. The minimum atomic E-state index is -0.992. The molecule has 5 nitrogen and oxygen atoms in total. The summed E-state index contributed by atoms with van der Waals surface area (Å²) in [5.41, 5.74) is 0. The van der Waals surface area contributed by atoms with Gasteiger partial charge in [0.2, 0.25) is 0 Å². The smallest absolute Gasteiger partial charge is 0.341 e. The number of nitrogens with zero attached hydrogens (tertiary/aromatic N) is 2. The van der Waals surface area contributed by atoms with Crippen molar-refractivity contribution in [1.82, 2.24) is 9.78 Å². The molecular weight excluding hydrogens is 148 g/mol. The Kier molecular flexibility index (Phi) is 2.10. The van der Waals surface area contributed by atoms with Gasteiger partial charge in [-0.25, -0.2) is 4.79 Å². The van der Waals surface area contributed by atoms with Crippen molar-refractivity contribution in [2.45, 2.75) is 0 Å².